The van der Waals surface area contributed by atoms with Gasteiger partial charge in [-0.2, -0.15) is 13.1 Å². The highest BCUT2D eigenvalue weighted by atomic mass is 32.2. The van der Waals surface area contributed by atoms with Gasteiger partial charge in [0.05, 0.1) is 5.92 Å². The van der Waals surface area contributed by atoms with Crippen LogP contribution in [0.2, 0.25) is 0 Å². The van der Waals surface area contributed by atoms with E-state index in [9.17, 15) is 22.0 Å². The molecule has 122 valence electrons. The van der Waals surface area contributed by atoms with E-state index < -0.39 is 34.2 Å². The molecule has 6 nitrogen and oxygen atoms in total. The minimum atomic E-state index is -4.04. The van der Waals surface area contributed by atoms with Gasteiger partial charge < -0.3 is 10.5 Å². The molecule has 1 heterocycles. The van der Waals surface area contributed by atoms with Crippen LogP contribution in [0.15, 0.2) is 29.2 Å². The Morgan fingerprint density at radius 3 is 2.68 bits per heavy atom. The summed E-state index contributed by atoms with van der Waals surface area (Å²) in [5.41, 5.74) is 5.22. The van der Waals surface area contributed by atoms with E-state index in [0.29, 0.717) is 12.8 Å². The van der Waals surface area contributed by atoms with Crippen molar-refractivity contribution in [1.29, 1.82) is 0 Å². The second kappa shape index (κ2) is 6.57. The molecule has 0 saturated carbocycles. The van der Waals surface area contributed by atoms with E-state index in [-0.39, 0.29) is 18.0 Å². The summed E-state index contributed by atoms with van der Waals surface area (Å²) in [5, 5.41) is 0. The standard InChI is InChI=1S/C13H16F2N2O4S/c14-13(15)21-10-5-1-2-6-11(10)22(19,20)17-7-3-4-9(8-17)12(16)18/h1-2,5-6,9,13H,3-4,7-8H2,(H2,16,18)/t9-/m0/s1. The fourth-order valence-electron chi connectivity index (χ4n) is 2.39. The summed E-state index contributed by atoms with van der Waals surface area (Å²) in [4.78, 5) is 10.9. The SMILES string of the molecule is NC(=O)[C@H]1CCCN(S(=O)(=O)c2ccccc2OC(F)F)C1. The monoisotopic (exact) mass is 334 g/mol. The number of nitrogens with two attached hydrogens (primary N) is 1. The second-order valence-electron chi connectivity index (χ2n) is 4.93. The molecule has 1 aromatic rings. The molecular formula is C13H16F2N2O4S. The molecule has 0 spiro atoms. The highest BCUT2D eigenvalue weighted by molar-refractivity contribution is 7.89. The third kappa shape index (κ3) is 3.53. The molecule has 1 aromatic carbocycles. The number of carbonyl (C=O) groups excluding carboxylic acids is 1. The molecule has 0 radical (unpaired) electrons. The zero-order valence-corrected chi connectivity index (χ0v) is 12.4. The maximum atomic E-state index is 12.6. The Bertz CT molecular complexity index is 651. The predicted molar refractivity (Wildman–Crippen MR) is 73.8 cm³/mol. The van der Waals surface area contributed by atoms with Gasteiger partial charge in [0.25, 0.3) is 0 Å². The van der Waals surface area contributed by atoms with Crippen LogP contribution in [0, 0.1) is 5.92 Å². The average molecular weight is 334 g/mol. The Hall–Kier alpha value is -1.74. The molecule has 1 saturated heterocycles. The lowest BCUT2D eigenvalue weighted by Gasteiger charge is -2.30. The number of hydrogen-bond donors (Lipinski definition) is 1. The molecule has 0 aliphatic carbocycles. The largest absolute Gasteiger partial charge is 0.433 e. The Kier molecular flexibility index (Phi) is 4.97. The van der Waals surface area contributed by atoms with Gasteiger partial charge >= 0.3 is 6.61 Å². The molecule has 9 heteroatoms. The first-order chi connectivity index (χ1) is 10.3. The van der Waals surface area contributed by atoms with Crippen LogP contribution in [0.4, 0.5) is 8.78 Å². The van der Waals surface area contributed by atoms with E-state index in [1.807, 2.05) is 0 Å². The molecule has 0 aromatic heterocycles. The molecule has 1 fully saturated rings. The van der Waals surface area contributed by atoms with Gasteiger partial charge in [-0.25, -0.2) is 8.42 Å². The van der Waals surface area contributed by atoms with Crippen molar-refractivity contribution in [1.82, 2.24) is 4.31 Å². The lowest BCUT2D eigenvalue weighted by Crippen LogP contribution is -2.44. The maximum absolute atomic E-state index is 12.6. The van der Waals surface area contributed by atoms with E-state index in [2.05, 4.69) is 4.74 Å². The molecule has 0 unspecified atom stereocenters. The topological polar surface area (TPSA) is 89.7 Å². The summed E-state index contributed by atoms with van der Waals surface area (Å²) >= 11 is 0. The van der Waals surface area contributed by atoms with E-state index in [0.717, 1.165) is 10.4 Å². The number of sulfonamides is 1. The van der Waals surface area contributed by atoms with Crippen LogP contribution in [0.1, 0.15) is 12.8 Å². The highest BCUT2D eigenvalue weighted by Gasteiger charge is 2.34. The number of amides is 1. The van der Waals surface area contributed by atoms with Crippen LogP contribution in [0.5, 0.6) is 5.75 Å². The molecule has 2 N–H and O–H groups in total. The van der Waals surface area contributed by atoms with Crippen LogP contribution in [-0.4, -0.2) is 38.3 Å². The van der Waals surface area contributed by atoms with Gasteiger partial charge in [-0.1, -0.05) is 12.1 Å². The first-order valence-electron chi connectivity index (χ1n) is 6.65. The number of hydrogen-bond acceptors (Lipinski definition) is 4. The van der Waals surface area contributed by atoms with Crippen molar-refractivity contribution in [2.75, 3.05) is 13.1 Å². The summed E-state index contributed by atoms with van der Waals surface area (Å²) in [5.74, 6) is -1.57. The Balaban J connectivity index is 2.32. The molecule has 1 amide bonds. The van der Waals surface area contributed by atoms with Crippen LogP contribution in [-0.2, 0) is 14.8 Å². The molecule has 22 heavy (non-hydrogen) atoms. The number of alkyl halides is 2. The summed E-state index contributed by atoms with van der Waals surface area (Å²) < 4.78 is 55.4. The number of piperidine rings is 1. The number of benzene rings is 1. The van der Waals surface area contributed by atoms with E-state index in [1.54, 1.807) is 0 Å². The van der Waals surface area contributed by atoms with Crippen LogP contribution in [0.25, 0.3) is 0 Å². The fourth-order valence-corrected chi connectivity index (χ4v) is 4.03. The van der Waals surface area contributed by atoms with Crippen LogP contribution in [0.3, 0.4) is 0 Å². The third-order valence-corrected chi connectivity index (χ3v) is 5.37. The van der Waals surface area contributed by atoms with Gasteiger partial charge in [-0.3, -0.25) is 4.79 Å². The molecule has 2 rings (SSSR count). The number of halogens is 2. The minimum absolute atomic E-state index is 0.0549. The number of para-hydroxylation sites is 1. The van der Waals surface area contributed by atoms with Gasteiger partial charge in [0.1, 0.15) is 10.6 Å². The summed E-state index contributed by atoms with van der Waals surface area (Å²) in [6.07, 6.45) is 0.987. The maximum Gasteiger partial charge on any atom is 0.387 e. The predicted octanol–water partition coefficient (Wildman–Crippen LogP) is 1.17. The van der Waals surface area contributed by atoms with Crippen molar-refractivity contribution < 1.29 is 26.7 Å². The highest BCUT2D eigenvalue weighted by Crippen LogP contribution is 2.30. The second-order valence-corrected chi connectivity index (χ2v) is 6.84. The van der Waals surface area contributed by atoms with Crippen LogP contribution < -0.4 is 10.5 Å². The molecule has 1 aliphatic heterocycles. The van der Waals surface area contributed by atoms with Gasteiger partial charge in [0.2, 0.25) is 15.9 Å². The molecular weight excluding hydrogens is 318 g/mol. The number of carbonyl (C=O) groups is 1. The summed E-state index contributed by atoms with van der Waals surface area (Å²) in [6, 6.07) is 5.18. The lowest BCUT2D eigenvalue weighted by molar-refractivity contribution is -0.122. The average Bonchev–Trinajstić information content (AvgIpc) is 2.47. The first kappa shape index (κ1) is 16.6. The third-order valence-electron chi connectivity index (χ3n) is 3.47. The molecule has 1 aliphatic rings. The zero-order chi connectivity index (χ0) is 16.3. The number of ether oxygens (including phenoxy) is 1. The van der Waals surface area contributed by atoms with Gasteiger partial charge in [-0.15, -0.1) is 0 Å². The molecule has 0 bridgehead atoms. The van der Waals surface area contributed by atoms with Gasteiger partial charge in [0, 0.05) is 13.1 Å². The number of primary amides is 1. The van der Waals surface area contributed by atoms with Crippen molar-refractivity contribution >= 4 is 15.9 Å². The Morgan fingerprint density at radius 2 is 2.05 bits per heavy atom. The molecule has 1 atom stereocenters. The number of nitrogens with zero attached hydrogens (tertiary/aromatic N) is 1. The van der Waals surface area contributed by atoms with Crippen molar-refractivity contribution in [3.05, 3.63) is 24.3 Å². The van der Waals surface area contributed by atoms with E-state index in [1.165, 1.54) is 18.2 Å². The quantitative estimate of drug-likeness (QED) is 0.875. The van der Waals surface area contributed by atoms with Gasteiger partial charge in [-0.05, 0) is 25.0 Å². The van der Waals surface area contributed by atoms with Gasteiger partial charge in [0.15, 0.2) is 0 Å². The van der Waals surface area contributed by atoms with Crippen molar-refractivity contribution in [3.8, 4) is 5.75 Å². The Labute approximate surface area is 126 Å². The summed E-state index contributed by atoms with van der Waals surface area (Å²) in [6.45, 7) is -2.98. The zero-order valence-electron chi connectivity index (χ0n) is 11.6. The lowest BCUT2D eigenvalue weighted by atomic mass is 9.99. The van der Waals surface area contributed by atoms with Crippen molar-refractivity contribution in [3.63, 3.8) is 0 Å². The van der Waals surface area contributed by atoms with Crippen molar-refractivity contribution in [2.45, 2.75) is 24.3 Å². The minimum Gasteiger partial charge on any atom is -0.433 e. The van der Waals surface area contributed by atoms with Crippen molar-refractivity contribution in [2.24, 2.45) is 11.7 Å². The van der Waals surface area contributed by atoms with E-state index >= 15 is 0 Å². The first-order valence-corrected chi connectivity index (χ1v) is 8.09. The number of rotatable bonds is 5. The Morgan fingerprint density at radius 1 is 1.36 bits per heavy atom. The summed E-state index contributed by atoms with van der Waals surface area (Å²) in [7, 11) is -4.04. The van der Waals surface area contributed by atoms with E-state index in [4.69, 9.17) is 5.73 Å². The smallest absolute Gasteiger partial charge is 0.387 e. The fraction of sp³-hybridized carbons (Fsp3) is 0.462. The van der Waals surface area contributed by atoms with Crippen LogP contribution >= 0.6 is 0 Å². The normalized spacial score (nSPS) is 20.0.